The highest BCUT2D eigenvalue weighted by molar-refractivity contribution is 8.20. The molecule has 7 heavy (non-hydrogen) atoms. The van der Waals surface area contributed by atoms with Gasteiger partial charge in [-0.15, -0.1) is 0 Å². The molecule has 0 aromatic heterocycles. The fraction of sp³-hybridized carbons (Fsp3) is 0.667. The van der Waals surface area contributed by atoms with Gasteiger partial charge in [0.2, 0.25) is 0 Å². The second-order valence-electron chi connectivity index (χ2n) is 0.939. The van der Waals surface area contributed by atoms with Gasteiger partial charge in [0.05, 0.1) is 8.95 Å². The van der Waals surface area contributed by atoms with Gasteiger partial charge in [-0.05, 0) is 12.2 Å². The van der Waals surface area contributed by atoms with Crippen LogP contribution in [-0.4, -0.2) is 15.3 Å². The van der Waals surface area contributed by atoms with Crippen LogP contribution >= 0.6 is 12.6 Å². The maximum Gasteiger partial charge on any atom is 0.0697 e. The molecule has 42 valence electrons. The van der Waals surface area contributed by atoms with Crippen LogP contribution in [0.25, 0.3) is 0 Å². The molecule has 0 rings (SSSR count). The second kappa shape index (κ2) is 4.61. The molecule has 0 saturated heterocycles. The summed E-state index contributed by atoms with van der Waals surface area (Å²) < 4.78 is 10.0. The van der Waals surface area contributed by atoms with E-state index in [-0.39, 0.29) is 0 Å². The van der Waals surface area contributed by atoms with Crippen molar-refractivity contribution >= 4 is 38.1 Å². The molecule has 4 heteroatoms. The topological polar surface area (TPSA) is 17.1 Å². The quantitative estimate of drug-likeness (QED) is 0.456. The van der Waals surface area contributed by atoms with Gasteiger partial charge in [0.15, 0.2) is 0 Å². The van der Waals surface area contributed by atoms with Gasteiger partial charge in [-0.2, -0.15) is 12.6 Å². The number of hydrogen-bond donors (Lipinski definition) is 1. The van der Waals surface area contributed by atoms with Crippen LogP contribution in [0.4, 0.5) is 0 Å². The molecule has 0 fully saturated rings. The molecule has 0 atom stereocenters. The maximum absolute atomic E-state index is 10.0. The monoisotopic (exact) mass is 154 g/mol. The lowest BCUT2D eigenvalue weighted by Crippen LogP contribution is -1.74. The summed E-state index contributed by atoms with van der Waals surface area (Å²) in [5.74, 6) is 0.725. The third-order valence-electron chi connectivity index (χ3n) is 0.383. The Morgan fingerprint density at radius 3 is 2.57 bits per heavy atom. The van der Waals surface area contributed by atoms with Gasteiger partial charge in [-0.1, -0.05) is 0 Å². The van der Waals surface area contributed by atoms with Crippen LogP contribution in [0.5, 0.6) is 0 Å². The molecule has 0 bridgehead atoms. The first kappa shape index (κ1) is 7.46. The molecule has 0 amide bonds. The Bertz CT molecular complexity index is 136. The van der Waals surface area contributed by atoms with E-state index in [1.54, 1.807) is 5.37 Å². The Balaban J connectivity index is 3.49. The Morgan fingerprint density at radius 2 is 2.43 bits per heavy atom. The molecule has 0 saturated carbocycles. The van der Waals surface area contributed by atoms with Crippen LogP contribution in [0.15, 0.2) is 0 Å². The summed E-state index contributed by atoms with van der Waals surface area (Å²) in [7, 11) is -1.16. The smallest absolute Gasteiger partial charge is 0.0697 e. The lowest BCUT2D eigenvalue weighted by Gasteiger charge is -1.72. The average molecular weight is 154 g/mol. The van der Waals surface area contributed by atoms with Crippen molar-refractivity contribution < 1.29 is 4.21 Å². The second-order valence-corrected chi connectivity index (χ2v) is 3.23. The van der Waals surface area contributed by atoms with Crippen molar-refractivity contribution in [2.24, 2.45) is 0 Å². The molecule has 0 aliphatic rings. The highest BCUT2D eigenvalue weighted by Crippen LogP contribution is 1.74. The van der Waals surface area contributed by atoms with Gasteiger partial charge >= 0.3 is 0 Å². The first-order valence-electron chi connectivity index (χ1n) is 1.79. The van der Waals surface area contributed by atoms with Gasteiger partial charge in [0.1, 0.15) is 0 Å². The Labute approximate surface area is 54.8 Å². The van der Waals surface area contributed by atoms with E-state index in [2.05, 4.69) is 23.8 Å². The summed E-state index contributed by atoms with van der Waals surface area (Å²) >= 11 is 8.21. The lowest BCUT2D eigenvalue weighted by atomic mass is 10.6. The minimum absolute atomic E-state index is 0.725. The molecule has 0 spiro atoms. The molecular weight excluding hydrogens is 148 g/mol. The molecular formula is C3H6OS3. The largest absolute Gasteiger partial charge is 0.214 e. The molecule has 0 aromatic rings. The van der Waals surface area contributed by atoms with Crippen molar-refractivity contribution in [1.82, 2.24) is 0 Å². The predicted molar refractivity (Wildman–Crippen MR) is 40.0 cm³/mol. The third-order valence-corrected chi connectivity index (χ3v) is 1.56. The van der Waals surface area contributed by atoms with Crippen LogP contribution in [0.1, 0.15) is 6.42 Å². The summed E-state index contributed by atoms with van der Waals surface area (Å²) in [5, 5.41) is 1.56. The van der Waals surface area contributed by atoms with Gasteiger partial charge in [-0.25, -0.2) is 4.21 Å². The molecule has 0 aliphatic carbocycles. The summed E-state index contributed by atoms with van der Waals surface area (Å²) in [6.07, 6.45) is 0.735. The van der Waals surface area contributed by atoms with E-state index in [4.69, 9.17) is 0 Å². The summed E-state index contributed by atoms with van der Waals surface area (Å²) in [5.41, 5.74) is 0. The fourth-order valence-corrected chi connectivity index (χ4v) is 1.05. The first-order valence-corrected chi connectivity index (χ1v) is 4.56. The van der Waals surface area contributed by atoms with Crippen LogP contribution in [0.3, 0.4) is 0 Å². The minimum atomic E-state index is -1.16. The highest BCUT2D eigenvalue weighted by atomic mass is 32.8. The standard InChI is InChI=1S/C3H6OS3/c4-7(6)3-1-2-5/h3,5H,1-2H2. The van der Waals surface area contributed by atoms with Crippen LogP contribution in [0, 0.1) is 0 Å². The summed E-state index contributed by atoms with van der Waals surface area (Å²) in [6.45, 7) is 0. The van der Waals surface area contributed by atoms with Gasteiger partial charge in [0.25, 0.3) is 0 Å². The van der Waals surface area contributed by atoms with E-state index < -0.39 is 8.95 Å². The lowest BCUT2D eigenvalue weighted by molar-refractivity contribution is 0.700. The molecule has 0 unspecified atom stereocenters. The van der Waals surface area contributed by atoms with Crippen molar-refractivity contribution in [2.45, 2.75) is 6.42 Å². The van der Waals surface area contributed by atoms with Gasteiger partial charge in [0, 0.05) is 16.6 Å². The zero-order valence-corrected chi connectivity index (χ0v) is 6.19. The Kier molecular flexibility index (Phi) is 4.92. The van der Waals surface area contributed by atoms with E-state index in [1.165, 1.54) is 0 Å². The van der Waals surface area contributed by atoms with E-state index in [0.29, 0.717) is 0 Å². The highest BCUT2D eigenvalue weighted by Gasteiger charge is 1.69. The van der Waals surface area contributed by atoms with Crippen LogP contribution in [-0.2, 0) is 20.1 Å². The van der Waals surface area contributed by atoms with E-state index in [0.717, 1.165) is 12.2 Å². The van der Waals surface area contributed by atoms with Crippen LogP contribution < -0.4 is 0 Å². The zero-order chi connectivity index (χ0) is 5.70. The minimum Gasteiger partial charge on any atom is -0.214 e. The van der Waals surface area contributed by atoms with Crippen molar-refractivity contribution in [3.8, 4) is 0 Å². The zero-order valence-electron chi connectivity index (χ0n) is 3.66. The number of thiol groups is 1. The fourth-order valence-electron chi connectivity index (χ4n) is 0.149. The molecule has 0 aliphatic heterocycles. The van der Waals surface area contributed by atoms with Crippen LogP contribution in [0.2, 0.25) is 0 Å². The SMILES string of the molecule is O=S(=S)=CCCS. The van der Waals surface area contributed by atoms with Crippen molar-refractivity contribution in [1.29, 1.82) is 0 Å². The molecule has 0 heterocycles. The molecule has 0 aromatic carbocycles. The van der Waals surface area contributed by atoms with E-state index in [1.807, 2.05) is 0 Å². The van der Waals surface area contributed by atoms with Crippen molar-refractivity contribution in [2.75, 3.05) is 5.75 Å². The Morgan fingerprint density at radius 1 is 1.86 bits per heavy atom. The van der Waals surface area contributed by atoms with Crippen molar-refractivity contribution in [3.05, 3.63) is 0 Å². The first-order chi connectivity index (χ1) is 3.27. The van der Waals surface area contributed by atoms with Gasteiger partial charge < -0.3 is 0 Å². The normalized spacial score (nSPS) is 8.14. The molecule has 1 nitrogen and oxygen atoms in total. The molecule has 0 N–H and O–H groups in total. The number of rotatable bonds is 2. The summed E-state index contributed by atoms with van der Waals surface area (Å²) in [6, 6.07) is 0. The summed E-state index contributed by atoms with van der Waals surface area (Å²) in [4.78, 5) is 0. The van der Waals surface area contributed by atoms with E-state index >= 15 is 0 Å². The third kappa shape index (κ3) is 6.46. The predicted octanol–water partition coefficient (Wildman–Crippen LogP) is 0.319. The maximum atomic E-state index is 10.0. The average Bonchev–Trinajstić information content (AvgIpc) is 1.61. The number of hydrogen-bond acceptors (Lipinski definition) is 3. The van der Waals surface area contributed by atoms with Crippen molar-refractivity contribution in [3.63, 3.8) is 0 Å². The van der Waals surface area contributed by atoms with Gasteiger partial charge in [-0.3, -0.25) is 0 Å². The van der Waals surface area contributed by atoms with E-state index in [9.17, 15) is 4.21 Å². The molecule has 0 radical (unpaired) electrons. The Hall–Kier alpha value is 0.460.